The molecule has 1 aliphatic heterocycles. The lowest BCUT2D eigenvalue weighted by molar-refractivity contribution is -0.137. The molecule has 1 aliphatic rings. The minimum absolute atomic E-state index is 0.0124. The highest BCUT2D eigenvalue weighted by molar-refractivity contribution is 7.09. The van der Waals surface area contributed by atoms with Crippen molar-refractivity contribution in [1.29, 1.82) is 0 Å². The average molecular weight is 357 g/mol. The van der Waals surface area contributed by atoms with Crippen LogP contribution in [0.5, 0.6) is 0 Å². The number of halogens is 3. The molecule has 0 unspecified atom stereocenters. The molecule has 2 aromatic rings. The second-order valence-corrected chi connectivity index (χ2v) is 6.28. The van der Waals surface area contributed by atoms with Gasteiger partial charge in [-0.25, -0.2) is 9.97 Å². The average Bonchev–Trinajstić information content (AvgIpc) is 2.91. The zero-order valence-electron chi connectivity index (χ0n) is 13.3. The van der Waals surface area contributed by atoms with Gasteiger partial charge in [0.15, 0.2) is 0 Å². The highest BCUT2D eigenvalue weighted by Gasteiger charge is 2.36. The van der Waals surface area contributed by atoms with E-state index < -0.39 is 11.7 Å². The van der Waals surface area contributed by atoms with Gasteiger partial charge in [0.1, 0.15) is 11.6 Å². The van der Waals surface area contributed by atoms with Gasteiger partial charge in [0, 0.05) is 50.3 Å². The maximum absolute atomic E-state index is 13.2. The van der Waals surface area contributed by atoms with E-state index in [9.17, 15) is 13.2 Å². The van der Waals surface area contributed by atoms with Gasteiger partial charge in [-0.1, -0.05) is 6.92 Å². The second kappa shape index (κ2) is 6.92. The normalized spacial score (nSPS) is 16.3. The Balaban J connectivity index is 1.77. The van der Waals surface area contributed by atoms with Crippen molar-refractivity contribution < 1.29 is 13.2 Å². The number of anilines is 2. The van der Waals surface area contributed by atoms with Crippen molar-refractivity contribution in [3.8, 4) is 0 Å². The van der Waals surface area contributed by atoms with Crippen molar-refractivity contribution in [3.63, 3.8) is 0 Å². The molecule has 2 aromatic heterocycles. The number of aromatic nitrogens is 3. The van der Waals surface area contributed by atoms with E-state index in [1.807, 2.05) is 6.92 Å². The summed E-state index contributed by atoms with van der Waals surface area (Å²) >= 11 is 1.35. The lowest BCUT2D eigenvalue weighted by Crippen LogP contribution is -2.32. The summed E-state index contributed by atoms with van der Waals surface area (Å²) in [4.78, 5) is 12.3. The molecule has 130 valence electrons. The third-order valence-corrected chi connectivity index (χ3v) is 4.75. The SMILES string of the molecule is CCc1nsc(N2CCCN(c3ncccc3C(F)(F)F)CC2)n1. The van der Waals surface area contributed by atoms with Gasteiger partial charge in [-0.15, -0.1) is 0 Å². The highest BCUT2D eigenvalue weighted by Crippen LogP contribution is 2.35. The largest absolute Gasteiger partial charge is 0.419 e. The zero-order chi connectivity index (χ0) is 17.2. The molecule has 0 radical (unpaired) electrons. The Morgan fingerprint density at radius 3 is 2.62 bits per heavy atom. The number of pyridine rings is 1. The number of nitrogens with zero attached hydrogens (tertiary/aromatic N) is 5. The van der Waals surface area contributed by atoms with Crippen LogP contribution in [0.4, 0.5) is 24.1 Å². The number of hydrogen-bond donors (Lipinski definition) is 0. The van der Waals surface area contributed by atoms with E-state index in [2.05, 4.69) is 19.2 Å². The molecule has 0 N–H and O–H groups in total. The maximum atomic E-state index is 13.2. The lowest BCUT2D eigenvalue weighted by atomic mass is 10.2. The molecule has 0 aromatic carbocycles. The summed E-state index contributed by atoms with van der Waals surface area (Å²) in [5.74, 6) is 0.818. The smallest absolute Gasteiger partial charge is 0.354 e. The van der Waals surface area contributed by atoms with Crippen LogP contribution in [0, 0.1) is 0 Å². The topological polar surface area (TPSA) is 45.2 Å². The van der Waals surface area contributed by atoms with Crippen molar-refractivity contribution >= 4 is 22.5 Å². The van der Waals surface area contributed by atoms with Gasteiger partial charge < -0.3 is 9.80 Å². The number of hydrogen-bond acceptors (Lipinski definition) is 6. The molecule has 1 saturated heterocycles. The molecule has 9 heteroatoms. The summed E-state index contributed by atoms with van der Waals surface area (Å²) in [5, 5.41) is 0.839. The van der Waals surface area contributed by atoms with Gasteiger partial charge in [-0.05, 0) is 18.6 Å². The monoisotopic (exact) mass is 357 g/mol. The van der Waals surface area contributed by atoms with E-state index in [4.69, 9.17) is 0 Å². The first-order chi connectivity index (χ1) is 11.5. The minimum Gasteiger partial charge on any atom is -0.354 e. The van der Waals surface area contributed by atoms with Gasteiger partial charge >= 0.3 is 6.18 Å². The van der Waals surface area contributed by atoms with Gasteiger partial charge in [0.05, 0.1) is 5.56 Å². The minimum atomic E-state index is -4.40. The fourth-order valence-corrected chi connectivity index (χ4v) is 3.51. The fourth-order valence-electron chi connectivity index (χ4n) is 2.71. The number of rotatable bonds is 3. The van der Waals surface area contributed by atoms with E-state index in [1.54, 1.807) is 4.90 Å². The van der Waals surface area contributed by atoms with Crippen LogP contribution in [0.2, 0.25) is 0 Å². The number of aryl methyl sites for hydroxylation is 1. The quantitative estimate of drug-likeness (QED) is 0.844. The Labute approximate surface area is 142 Å². The van der Waals surface area contributed by atoms with E-state index in [0.29, 0.717) is 19.6 Å². The molecule has 0 atom stereocenters. The Kier molecular flexibility index (Phi) is 4.88. The Morgan fingerprint density at radius 2 is 1.92 bits per heavy atom. The van der Waals surface area contributed by atoms with Crippen LogP contribution in [-0.4, -0.2) is 40.5 Å². The third-order valence-electron chi connectivity index (χ3n) is 3.93. The molecule has 0 spiro atoms. The van der Waals surface area contributed by atoms with Gasteiger partial charge in [0.2, 0.25) is 5.13 Å². The van der Waals surface area contributed by atoms with Crippen LogP contribution < -0.4 is 9.80 Å². The second-order valence-electron chi connectivity index (χ2n) is 5.55. The van der Waals surface area contributed by atoms with Gasteiger partial charge in [-0.2, -0.15) is 17.5 Å². The van der Waals surface area contributed by atoms with E-state index in [1.165, 1.54) is 23.8 Å². The van der Waals surface area contributed by atoms with Crippen molar-refractivity contribution in [2.24, 2.45) is 0 Å². The molecular formula is C15H18F3N5S. The molecule has 3 heterocycles. The molecule has 0 aliphatic carbocycles. The zero-order valence-corrected chi connectivity index (χ0v) is 14.1. The van der Waals surface area contributed by atoms with E-state index in [-0.39, 0.29) is 5.82 Å². The van der Waals surface area contributed by atoms with Crippen molar-refractivity contribution in [3.05, 3.63) is 29.7 Å². The first-order valence-corrected chi connectivity index (χ1v) is 8.61. The highest BCUT2D eigenvalue weighted by atomic mass is 32.1. The molecule has 0 saturated carbocycles. The standard InChI is InChI=1S/C15H18F3N5S/c1-2-12-20-14(24-21-12)23-8-4-7-22(9-10-23)13-11(15(16,17)18)5-3-6-19-13/h3,5-6H,2,4,7-10H2,1H3. The molecular weight excluding hydrogens is 339 g/mol. The molecule has 24 heavy (non-hydrogen) atoms. The summed E-state index contributed by atoms with van der Waals surface area (Å²) in [5.41, 5.74) is -0.678. The predicted molar refractivity (Wildman–Crippen MR) is 87.6 cm³/mol. The van der Waals surface area contributed by atoms with Crippen LogP contribution in [0.25, 0.3) is 0 Å². The predicted octanol–water partition coefficient (Wildman–Crippen LogP) is 3.23. The summed E-state index contributed by atoms with van der Waals surface area (Å²) < 4.78 is 43.9. The third kappa shape index (κ3) is 3.61. The van der Waals surface area contributed by atoms with Gasteiger partial charge in [0.25, 0.3) is 0 Å². The van der Waals surface area contributed by atoms with Gasteiger partial charge in [-0.3, -0.25) is 0 Å². The number of alkyl halides is 3. The lowest BCUT2D eigenvalue weighted by Gasteiger charge is -2.25. The molecule has 3 rings (SSSR count). The maximum Gasteiger partial charge on any atom is 0.419 e. The molecule has 5 nitrogen and oxygen atoms in total. The fraction of sp³-hybridized carbons (Fsp3) is 0.533. The van der Waals surface area contributed by atoms with Crippen LogP contribution >= 0.6 is 11.5 Å². The first kappa shape index (κ1) is 16.9. The Bertz CT molecular complexity index is 688. The van der Waals surface area contributed by atoms with E-state index in [0.717, 1.165) is 36.4 Å². The van der Waals surface area contributed by atoms with Crippen molar-refractivity contribution in [1.82, 2.24) is 14.3 Å². The summed E-state index contributed by atoms with van der Waals surface area (Å²) in [6.07, 6.45) is -1.47. The Hall–Kier alpha value is -1.90. The molecule has 1 fully saturated rings. The summed E-state index contributed by atoms with van der Waals surface area (Å²) in [6.45, 7) is 4.36. The van der Waals surface area contributed by atoms with Crippen molar-refractivity contribution in [2.45, 2.75) is 25.9 Å². The summed E-state index contributed by atoms with van der Waals surface area (Å²) in [6, 6.07) is 2.41. The van der Waals surface area contributed by atoms with E-state index >= 15 is 0 Å². The van der Waals surface area contributed by atoms with Crippen LogP contribution in [-0.2, 0) is 12.6 Å². The molecule has 0 bridgehead atoms. The van der Waals surface area contributed by atoms with Crippen LogP contribution in [0.15, 0.2) is 18.3 Å². The first-order valence-electron chi connectivity index (χ1n) is 7.83. The van der Waals surface area contributed by atoms with Crippen molar-refractivity contribution in [2.75, 3.05) is 36.0 Å². The van der Waals surface area contributed by atoms with Crippen LogP contribution in [0.1, 0.15) is 24.7 Å². The molecule has 0 amide bonds. The van der Waals surface area contributed by atoms with Crippen LogP contribution in [0.3, 0.4) is 0 Å². The Morgan fingerprint density at radius 1 is 1.17 bits per heavy atom. The summed E-state index contributed by atoms with van der Waals surface area (Å²) in [7, 11) is 0.